The quantitative estimate of drug-likeness (QED) is 0.495. The Morgan fingerprint density at radius 3 is 2.25 bits per heavy atom. The molecule has 4 rings (SSSR count). The van der Waals surface area contributed by atoms with Crippen LogP contribution in [0.25, 0.3) is 0 Å². The van der Waals surface area contributed by atoms with E-state index in [9.17, 15) is 9.59 Å². The van der Waals surface area contributed by atoms with Crippen molar-refractivity contribution in [3.05, 3.63) is 76.8 Å². The Morgan fingerprint density at radius 2 is 1.59 bits per heavy atom. The number of amides is 2. The van der Waals surface area contributed by atoms with E-state index in [-0.39, 0.29) is 24.8 Å². The molecule has 1 N–H and O–H groups in total. The first-order valence-electron chi connectivity index (χ1n) is 9.91. The highest BCUT2D eigenvalue weighted by atomic mass is 35.5. The molecule has 1 aliphatic rings. The zero-order valence-corrected chi connectivity index (χ0v) is 18.7. The Hall–Kier alpha value is -3.22. The highest BCUT2D eigenvalue weighted by Crippen LogP contribution is 2.35. The second-order valence-corrected chi connectivity index (χ2v) is 8.16. The first-order valence-corrected chi connectivity index (χ1v) is 10.7. The summed E-state index contributed by atoms with van der Waals surface area (Å²) in [5, 5.41) is 3.99. The number of carbonyl (C=O) groups is 2. The molecule has 32 heavy (non-hydrogen) atoms. The van der Waals surface area contributed by atoms with Crippen molar-refractivity contribution in [1.29, 1.82) is 0 Å². The van der Waals surface area contributed by atoms with E-state index in [1.165, 1.54) is 12.0 Å². The molecule has 0 saturated carbocycles. The van der Waals surface area contributed by atoms with Crippen LogP contribution in [0, 0.1) is 5.92 Å². The average Bonchev–Trinajstić information content (AvgIpc) is 3.18. The Bertz CT molecular complexity index is 1130. The Balaban J connectivity index is 1.39. The smallest absolute Gasteiger partial charge is 0.229 e. The zero-order valence-electron chi connectivity index (χ0n) is 17.2. The van der Waals surface area contributed by atoms with Crippen LogP contribution in [0.15, 0.2) is 66.7 Å². The average molecular weight is 471 g/mol. The molecule has 1 heterocycles. The molecule has 0 bridgehead atoms. The lowest BCUT2D eigenvalue weighted by molar-refractivity contribution is -0.122. The minimum absolute atomic E-state index is 0.110. The minimum atomic E-state index is -0.490. The SMILES string of the molecule is COc1ccc(Cl)cc1N1C[C@H](C(=O)Nc2ccc(Oc3ccc(Cl)cc3)cc2)CC1=O. The van der Waals surface area contributed by atoms with Gasteiger partial charge >= 0.3 is 0 Å². The second kappa shape index (κ2) is 9.51. The topological polar surface area (TPSA) is 67.9 Å². The molecule has 3 aromatic carbocycles. The fourth-order valence-electron chi connectivity index (χ4n) is 3.48. The summed E-state index contributed by atoms with van der Waals surface area (Å²) in [4.78, 5) is 26.9. The molecule has 0 aliphatic carbocycles. The molecule has 0 radical (unpaired) electrons. The van der Waals surface area contributed by atoms with Crippen molar-refractivity contribution in [1.82, 2.24) is 0 Å². The fourth-order valence-corrected chi connectivity index (χ4v) is 3.77. The highest BCUT2D eigenvalue weighted by Gasteiger charge is 2.36. The number of methoxy groups -OCH3 is 1. The zero-order chi connectivity index (χ0) is 22.7. The standard InChI is InChI=1S/C24H20Cl2N2O4/c1-31-22-11-4-17(26)13-21(22)28-14-15(12-23(28)29)24(30)27-18-5-9-20(10-6-18)32-19-7-2-16(25)3-8-19/h2-11,13,15H,12,14H2,1H3,(H,27,30)/t15-/m1/s1. The first kappa shape index (κ1) is 22.0. The molecular weight excluding hydrogens is 451 g/mol. The number of hydrogen-bond acceptors (Lipinski definition) is 4. The molecule has 0 unspecified atom stereocenters. The lowest BCUT2D eigenvalue weighted by Gasteiger charge is -2.20. The number of nitrogens with zero attached hydrogens (tertiary/aromatic N) is 1. The van der Waals surface area contributed by atoms with Crippen LogP contribution < -0.4 is 19.7 Å². The number of carbonyl (C=O) groups excluding carboxylic acids is 2. The first-order chi connectivity index (χ1) is 15.4. The van der Waals surface area contributed by atoms with Gasteiger partial charge in [0.2, 0.25) is 11.8 Å². The maximum atomic E-state index is 12.8. The molecule has 1 aliphatic heterocycles. The van der Waals surface area contributed by atoms with Crippen LogP contribution in [0.5, 0.6) is 17.2 Å². The number of hydrogen-bond donors (Lipinski definition) is 1. The number of anilines is 2. The van der Waals surface area contributed by atoms with Gasteiger partial charge < -0.3 is 19.7 Å². The molecule has 6 nitrogen and oxygen atoms in total. The van der Waals surface area contributed by atoms with Crippen LogP contribution in [0.1, 0.15) is 6.42 Å². The third-order valence-electron chi connectivity index (χ3n) is 5.10. The molecule has 0 spiro atoms. The van der Waals surface area contributed by atoms with Gasteiger partial charge in [-0.25, -0.2) is 0 Å². The molecule has 1 saturated heterocycles. The van der Waals surface area contributed by atoms with E-state index in [2.05, 4.69) is 5.32 Å². The van der Waals surface area contributed by atoms with Crippen LogP contribution >= 0.6 is 23.2 Å². The van der Waals surface area contributed by atoms with Crippen molar-refractivity contribution in [2.75, 3.05) is 23.9 Å². The number of rotatable bonds is 6. The molecular formula is C24H20Cl2N2O4. The Kier molecular flexibility index (Phi) is 6.53. The van der Waals surface area contributed by atoms with Gasteiger partial charge in [-0.2, -0.15) is 0 Å². The van der Waals surface area contributed by atoms with Gasteiger partial charge in [0, 0.05) is 28.7 Å². The van der Waals surface area contributed by atoms with Crippen molar-refractivity contribution >= 4 is 46.4 Å². The summed E-state index contributed by atoms with van der Waals surface area (Å²) < 4.78 is 11.1. The molecule has 8 heteroatoms. The fraction of sp³-hybridized carbons (Fsp3) is 0.167. The summed E-state index contributed by atoms with van der Waals surface area (Å²) in [5.41, 5.74) is 1.17. The molecule has 3 aromatic rings. The highest BCUT2D eigenvalue weighted by molar-refractivity contribution is 6.31. The van der Waals surface area contributed by atoms with E-state index in [4.69, 9.17) is 32.7 Å². The number of nitrogens with one attached hydrogen (secondary N) is 1. The van der Waals surface area contributed by atoms with Crippen LogP contribution in [0.3, 0.4) is 0 Å². The van der Waals surface area contributed by atoms with E-state index in [1.54, 1.807) is 66.7 Å². The Morgan fingerprint density at radius 1 is 0.969 bits per heavy atom. The summed E-state index contributed by atoms with van der Waals surface area (Å²) >= 11 is 12.0. The maximum Gasteiger partial charge on any atom is 0.229 e. The number of benzene rings is 3. The van der Waals surface area contributed by atoms with Crippen LogP contribution in [-0.4, -0.2) is 25.5 Å². The Labute approximate surface area is 195 Å². The molecule has 2 amide bonds. The third kappa shape index (κ3) is 4.98. The monoisotopic (exact) mass is 470 g/mol. The summed E-state index contributed by atoms with van der Waals surface area (Å²) in [5.74, 6) is 0.940. The maximum absolute atomic E-state index is 12.8. The van der Waals surface area contributed by atoms with Crippen molar-refractivity contribution in [3.63, 3.8) is 0 Å². The summed E-state index contributed by atoms with van der Waals surface area (Å²) in [6.07, 6.45) is 0.110. The van der Waals surface area contributed by atoms with Crippen LogP contribution in [0.4, 0.5) is 11.4 Å². The lowest BCUT2D eigenvalue weighted by atomic mass is 10.1. The van der Waals surface area contributed by atoms with E-state index in [0.717, 1.165) is 0 Å². The van der Waals surface area contributed by atoms with Crippen molar-refractivity contribution in [2.45, 2.75) is 6.42 Å². The predicted molar refractivity (Wildman–Crippen MR) is 125 cm³/mol. The number of halogens is 2. The van der Waals surface area contributed by atoms with Crippen molar-refractivity contribution in [2.24, 2.45) is 5.92 Å². The van der Waals surface area contributed by atoms with E-state index < -0.39 is 5.92 Å². The largest absolute Gasteiger partial charge is 0.495 e. The van der Waals surface area contributed by atoms with Gasteiger partial charge in [0.25, 0.3) is 0 Å². The number of ether oxygens (including phenoxy) is 2. The lowest BCUT2D eigenvalue weighted by Crippen LogP contribution is -2.28. The van der Waals surface area contributed by atoms with Crippen molar-refractivity contribution in [3.8, 4) is 17.2 Å². The minimum Gasteiger partial charge on any atom is -0.495 e. The van der Waals surface area contributed by atoms with Gasteiger partial charge in [0.1, 0.15) is 17.2 Å². The van der Waals surface area contributed by atoms with E-state index in [1.807, 2.05) is 0 Å². The van der Waals surface area contributed by atoms with Crippen LogP contribution in [0.2, 0.25) is 10.0 Å². The van der Waals surface area contributed by atoms with E-state index in [0.29, 0.717) is 38.7 Å². The molecule has 0 aromatic heterocycles. The summed E-state index contributed by atoms with van der Waals surface area (Å²) in [7, 11) is 1.53. The molecule has 164 valence electrons. The van der Waals surface area contributed by atoms with Gasteiger partial charge in [-0.1, -0.05) is 23.2 Å². The van der Waals surface area contributed by atoms with Gasteiger partial charge in [-0.05, 0) is 66.7 Å². The van der Waals surface area contributed by atoms with Crippen LogP contribution in [-0.2, 0) is 9.59 Å². The van der Waals surface area contributed by atoms with Gasteiger partial charge in [0.15, 0.2) is 0 Å². The van der Waals surface area contributed by atoms with Gasteiger partial charge in [-0.15, -0.1) is 0 Å². The van der Waals surface area contributed by atoms with E-state index >= 15 is 0 Å². The molecule has 1 fully saturated rings. The summed E-state index contributed by atoms with van der Waals surface area (Å²) in [6.45, 7) is 0.249. The second-order valence-electron chi connectivity index (χ2n) is 7.29. The predicted octanol–water partition coefficient (Wildman–Crippen LogP) is 5.79. The normalized spacial score (nSPS) is 15.5. The third-order valence-corrected chi connectivity index (χ3v) is 5.59. The summed E-state index contributed by atoms with van der Waals surface area (Å²) in [6, 6.07) is 19.1. The molecule has 1 atom stereocenters. The van der Waals surface area contributed by atoms with Gasteiger partial charge in [0.05, 0.1) is 18.7 Å². The van der Waals surface area contributed by atoms with Crippen molar-refractivity contribution < 1.29 is 19.1 Å². The van der Waals surface area contributed by atoms with Gasteiger partial charge in [-0.3, -0.25) is 9.59 Å².